The van der Waals surface area contributed by atoms with E-state index in [1.165, 1.54) is 0 Å². The molecule has 2 unspecified atom stereocenters. The third-order valence-corrected chi connectivity index (χ3v) is 4.42. The number of nitrogens with one attached hydrogen (secondary N) is 2. The Morgan fingerprint density at radius 3 is 2.45 bits per heavy atom. The molecule has 0 fully saturated rings. The summed E-state index contributed by atoms with van der Waals surface area (Å²) in [7, 11) is 0. The number of rotatable bonds is 10. The lowest BCUT2D eigenvalue weighted by atomic mass is 10.0. The van der Waals surface area contributed by atoms with Gasteiger partial charge < -0.3 is 20.5 Å². The standard InChI is InChI=1S/C23H30N2O4/c1-16(2)22(25-21(27)13-18-9-5-4-6-10-18)23(28)24-14-19(26)15-29-20-11-7-8-17(3)12-20/h4-12,16,19,22,26H,13-15H2,1-3H3,(H,24,28)(H,25,27). The molecule has 2 atom stereocenters. The van der Waals surface area contributed by atoms with Crippen molar-refractivity contribution >= 4 is 11.8 Å². The van der Waals surface area contributed by atoms with Gasteiger partial charge in [-0.25, -0.2) is 0 Å². The van der Waals surface area contributed by atoms with Crippen LogP contribution in [-0.4, -0.2) is 42.2 Å². The van der Waals surface area contributed by atoms with Crippen molar-refractivity contribution in [2.45, 2.75) is 39.3 Å². The smallest absolute Gasteiger partial charge is 0.242 e. The SMILES string of the molecule is Cc1cccc(OCC(O)CNC(=O)C(NC(=O)Cc2ccccc2)C(C)C)c1. The number of amides is 2. The van der Waals surface area contributed by atoms with Crippen molar-refractivity contribution in [3.05, 3.63) is 65.7 Å². The fourth-order valence-corrected chi connectivity index (χ4v) is 2.83. The average Bonchev–Trinajstić information content (AvgIpc) is 2.69. The van der Waals surface area contributed by atoms with E-state index in [9.17, 15) is 14.7 Å². The van der Waals surface area contributed by atoms with Gasteiger partial charge in [-0.1, -0.05) is 56.3 Å². The fraction of sp³-hybridized carbons (Fsp3) is 0.391. The zero-order chi connectivity index (χ0) is 21.2. The highest BCUT2D eigenvalue weighted by atomic mass is 16.5. The largest absolute Gasteiger partial charge is 0.491 e. The minimum absolute atomic E-state index is 0.0441. The summed E-state index contributed by atoms with van der Waals surface area (Å²) in [6.45, 7) is 5.80. The van der Waals surface area contributed by atoms with E-state index in [1.807, 2.05) is 75.4 Å². The van der Waals surface area contributed by atoms with E-state index in [0.29, 0.717) is 5.75 Å². The Morgan fingerprint density at radius 2 is 1.79 bits per heavy atom. The lowest BCUT2D eigenvalue weighted by Crippen LogP contribution is -2.51. The molecule has 0 aliphatic carbocycles. The maximum atomic E-state index is 12.5. The molecule has 156 valence electrons. The summed E-state index contributed by atoms with van der Waals surface area (Å²) in [5, 5.41) is 15.6. The van der Waals surface area contributed by atoms with Gasteiger partial charge in [-0.05, 0) is 36.1 Å². The summed E-state index contributed by atoms with van der Waals surface area (Å²) in [6.07, 6.45) is -0.642. The molecule has 6 heteroatoms. The van der Waals surface area contributed by atoms with Crippen LogP contribution in [-0.2, 0) is 16.0 Å². The highest BCUT2D eigenvalue weighted by Gasteiger charge is 2.24. The third kappa shape index (κ3) is 7.95. The van der Waals surface area contributed by atoms with Crippen molar-refractivity contribution in [3.8, 4) is 5.75 Å². The van der Waals surface area contributed by atoms with E-state index >= 15 is 0 Å². The van der Waals surface area contributed by atoms with Gasteiger partial charge in [-0.15, -0.1) is 0 Å². The van der Waals surface area contributed by atoms with E-state index in [1.54, 1.807) is 0 Å². The molecule has 0 saturated heterocycles. The van der Waals surface area contributed by atoms with Gasteiger partial charge in [-0.3, -0.25) is 9.59 Å². The molecule has 0 bridgehead atoms. The Hall–Kier alpha value is -2.86. The quantitative estimate of drug-likeness (QED) is 0.573. The van der Waals surface area contributed by atoms with E-state index in [0.717, 1.165) is 11.1 Å². The first-order valence-electron chi connectivity index (χ1n) is 9.83. The zero-order valence-electron chi connectivity index (χ0n) is 17.2. The highest BCUT2D eigenvalue weighted by Crippen LogP contribution is 2.12. The first-order valence-corrected chi connectivity index (χ1v) is 9.83. The Kier molecular flexibility index (Phi) is 8.68. The molecule has 3 N–H and O–H groups in total. The number of hydrogen-bond donors (Lipinski definition) is 3. The van der Waals surface area contributed by atoms with E-state index in [4.69, 9.17) is 4.74 Å². The summed E-state index contributed by atoms with van der Waals surface area (Å²) in [5.74, 6) is 0.0448. The van der Waals surface area contributed by atoms with Gasteiger partial charge in [0.1, 0.15) is 24.5 Å². The molecule has 0 radical (unpaired) electrons. The molecule has 2 rings (SSSR count). The predicted molar refractivity (Wildman–Crippen MR) is 113 cm³/mol. The first-order chi connectivity index (χ1) is 13.8. The van der Waals surface area contributed by atoms with Gasteiger partial charge in [0.15, 0.2) is 0 Å². The van der Waals surface area contributed by atoms with Crippen LogP contribution in [0.3, 0.4) is 0 Å². The minimum atomic E-state index is -0.854. The predicted octanol–water partition coefficient (Wildman–Crippen LogP) is 2.23. The summed E-state index contributed by atoms with van der Waals surface area (Å²) in [5.41, 5.74) is 1.95. The number of carbonyl (C=O) groups excluding carboxylic acids is 2. The second kappa shape index (κ2) is 11.2. The van der Waals surface area contributed by atoms with Crippen LogP contribution < -0.4 is 15.4 Å². The highest BCUT2D eigenvalue weighted by molar-refractivity contribution is 5.88. The topological polar surface area (TPSA) is 87.7 Å². The number of ether oxygens (including phenoxy) is 1. The molecule has 0 aliphatic heterocycles. The molecule has 2 aromatic rings. The molecule has 0 aliphatic rings. The van der Waals surface area contributed by atoms with Crippen molar-refractivity contribution in [2.75, 3.05) is 13.2 Å². The van der Waals surface area contributed by atoms with Crippen LogP contribution in [0.1, 0.15) is 25.0 Å². The number of aliphatic hydroxyl groups excluding tert-OH is 1. The molecule has 29 heavy (non-hydrogen) atoms. The Balaban J connectivity index is 1.79. The first kappa shape index (κ1) is 22.4. The number of aliphatic hydroxyl groups is 1. The van der Waals surface area contributed by atoms with Gasteiger partial charge in [-0.2, -0.15) is 0 Å². The molecule has 0 spiro atoms. The molecular weight excluding hydrogens is 368 g/mol. The average molecular weight is 399 g/mol. The molecule has 0 aromatic heterocycles. The van der Waals surface area contributed by atoms with Crippen molar-refractivity contribution in [1.82, 2.24) is 10.6 Å². The minimum Gasteiger partial charge on any atom is -0.491 e. The number of aryl methyl sites for hydroxylation is 1. The van der Waals surface area contributed by atoms with Crippen molar-refractivity contribution in [1.29, 1.82) is 0 Å². The lowest BCUT2D eigenvalue weighted by molar-refractivity contribution is -0.130. The van der Waals surface area contributed by atoms with Gasteiger partial charge in [0.2, 0.25) is 11.8 Å². The van der Waals surface area contributed by atoms with Crippen LogP contribution in [0.15, 0.2) is 54.6 Å². The summed E-state index contributed by atoms with van der Waals surface area (Å²) >= 11 is 0. The second-order valence-corrected chi connectivity index (χ2v) is 7.48. The molecular formula is C23H30N2O4. The van der Waals surface area contributed by atoms with Crippen molar-refractivity contribution in [2.24, 2.45) is 5.92 Å². The van der Waals surface area contributed by atoms with Crippen LogP contribution in [0.2, 0.25) is 0 Å². The van der Waals surface area contributed by atoms with Crippen LogP contribution in [0.5, 0.6) is 5.75 Å². The normalized spacial score (nSPS) is 12.9. The number of carbonyl (C=O) groups is 2. The Morgan fingerprint density at radius 1 is 1.07 bits per heavy atom. The number of benzene rings is 2. The molecule has 2 aromatic carbocycles. The van der Waals surface area contributed by atoms with Crippen LogP contribution in [0.4, 0.5) is 0 Å². The van der Waals surface area contributed by atoms with E-state index < -0.39 is 12.1 Å². The van der Waals surface area contributed by atoms with E-state index in [2.05, 4.69) is 10.6 Å². The fourth-order valence-electron chi connectivity index (χ4n) is 2.83. The van der Waals surface area contributed by atoms with Gasteiger partial charge in [0, 0.05) is 6.54 Å². The van der Waals surface area contributed by atoms with Crippen LogP contribution in [0, 0.1) is 12.8 Å². The van der Waals surface area contributed by atoms with Gasteiger partial charge >= 0.3 is 0 Å². The third-order valence-electron chi connectivity index (χ3n) is 4.42. The second-order valence-electron chi connectivity index (χ2n) is 7.48. The molecule has 2 amide bonds. The summed E-state index contributed by atoms with van der Waals surface area (Å²) < 4.78 is 5.55. The monoisotopic (exact) mass is 398 g/mol. The molecule has 0 saturated carbocycles. The van der Waals surface area contributed by atoms with Crippen LogP contribution >= 0.6 is 0 Å². The maximum Gasteiger partial charge on any atom is 0.242 e. The van der Waals surface area contributed by atoms with Crippen molar-refractivity contribution in [3.63, 3.8) is 0 Å². The molecule has 6 nitrogen and oxygen atoms in total. The maximum absolute atomic E-state index is 12.5. The van der Waals surface area contributed by atoms with Crippen LogP contribution in [0.25, 0.3) is 0 Å². The van der Waals surface area contributed by atoms with Crippen molar-refractivity contribution < 1.29 is 19.4 Å². The Bertz CT molecular complexity index is 792. The number of hydrogen-bond acceptors (Lipinski definition) is 4. The van der Waals surface area contributed by atoms with Gasteiger partial charge in [0.05, 0.1) is 6.42 Å². The Labute approximate surface area is 172 Å². The summed E-state index contributed by atoms with van der Waals surface area (Å²) in [4.78, 5) is 24.8. The summed E-state index contributed by atoms with van der Waals surface area (Å²) in [6, 6.07) is 16.2. The zero-order valence-corrected chi connectivity index (χ0v) is 17.2. The van der Waals surface area contributed by atoms with E-state index in [-0.39, 0.29) is 37.3 Å². The van der Waals surface area contributed by atoms with Gasteiger partial charge in [0.25, 0.3) is 0 Å². The molecule has 0 heterocycles. The lowest BCUT2D eigenvalue weighted by Gasteiger charge is -2.22.